The summed E-state index contributed by atoms with van der Waals surface area (Å²) >= 11 is 1.73. The van der Waals surface area contributed by atoms with Crippen LogP contribution in [0.25, 0.3) is 0 Å². The van der Waals surface area contributed by atoms with E-state index in [1.54, 1.807) is 11.8 Å². The summed E-state index contributed by atoms with van der Waals surface area (Å²) in [6.45, 7) is 5.24. The second-order valence-electron chi connectivity index (χ2n) is 5.48. The molecule has 0 aliphatic carbocycles. The van der Waals surface area contributed by atoms with Gasteiger partial charge in [0.25, 0.3) is 0 Å². The van der Waals surface area contributed by atoms with E-state index < -0.39 is 0 Å². The minimum Gasteiger partial charge on any atom is -0.337 e. The van der Waals surface area contributed by atoms with Gasteiger partial charge in [0.1, 0.15) is 0 Å². The van der Waals surface area contributed by atoms with Gasteiger partial charge < -0.3 is 9.84 Å². The fraction of sp³-hybridized carbons (Fsp3) is 0.467. The number of benzene rings is 1. The number of thioether (sulfide) groups is 1. The smallest absolute Gasteiger partial charge is 0.246 e. The molecule has 2 aromatic rings. The van der Waals surface area contributed by atoms with E-state index in [1.807, 2.05) is 0 Å². The van der Waals surface area contributed by atoms with Gasteiger partial charge in [-0.2, -0.15) is 4.98 Å². The highest BCUT2D eigenvalue weighted by Crippen LogP contribution is 2.29. The van der Waals surface area contributed by atoms with Crippen LogP contribution < -0.4 is 5.32 Å². The number of aryl methyl sites for hydroxylation is 1. The number of hydrogen-bond donors (Lipinski definition) is 1. The van der Waals surface area contributed by atoms with Crippen LogP contribution in [-0.4, -0.2) is 16.7 Å². The third kappa shape index (κ3) is 2.88. The Balaban J connectivity index is 1.64. The van der Waals surface area contributed by atoms with Crippen LogP contribution in [-0.2, 0) is 11.3 Å². The van der Waals surface area contributed by atoms with Gasteiger partial charge in [0, 0.05) is 4.90 Å². The molecule has 1 aliphatic rings. The normalized spacial score (nSPS) is 22.3. The molecule has 1 saturated heterocycles. The van der Waals surface area contributed by atoms with Gasteiger partial charge in [0.05, 0.1) is 11.3 Å². The number of nitrogens with zero attached hydrogens (tertiary/aromatic N) is 2. The first kappa shape index (κ1) is 13.6. The lowest BCUT2D eigenvalue weighted by Gasteiger charge is -2.18. The van der Waals surface area contributed by atoms with E-state index in [4.69, 9.17) is 4.52 Å². The minimum atomic E-state index is -0.139. The van der Waals surface area contributed by atoms with Crippen molar-refractivity contribution >= 4 is 11.8 Å². The zero-order chi connectivity index (χ0) is 14.0. The molecule has 0 radical (unpaired) electrons. The molecule has 1 fully saturated rings. The molecule has 2 heterocycles. The molecule has 1 N–H and O–H groups in total. The lowest BCUT2D eigenvalue weighted by Crippen LogP contribution is -2.33. The van der Waals surface area contributed by atoms with Crippen LogP contribution in [0.5, 0.6) is 0 Å². The highest BCUT2D eigenvalue weighted by molar-refractivity contribution is 7.98. The Morgan fingerprint density at radius 1 is 1.35 bits per heavy atom. The minimum absolute atomic E-state index is 0.139. The third-order valence-electron chi connectivity index (χ3n) is 3.70. The number of rotatable bonds is 4. The largest absolute Gasteiger partial charge is 0.337 e. The van der Waals surface area contributed by atoms with Gasteiger partial charge in [-0.15, -0.1) is 11.8 Å². The summed E-state index contributed by atoms with van der Waals surface area (Å²) < 4.78 is 5.42. The molecule has 4 nitrogen and oxygen atoms in total. The zero-order valence-corrected chi connectivity index (χ0v) is 12.7. The second kappa shape index (κ2) is 5.58. The van der Waals surface area contributed by atoms with Crippen molar-refractivity contribution < 1.29 is 4.52 Å². The molecule has 1 atom stereocenters. The average molecular weight is 289 g/mol. The molecule has 0 amide bonds. The van der Waals surface area contributed by atoms with Gasteiger partial charge in [-0.25, -0.2) is 0 Å². The van der Waals surface area contributed by atoms with E-state index in [2.05, 4.69) is 53.6 Å². The molecule has 20 heavy (non-hydrogen) atoms. The molecule has 106 valence electrons. The molecule has 0 saturated carbocycles. The van der Waals surface area contributed by atoms with E-state index in [0.717, 1.165) is 36.9 Å². The maximum atomic E-state index is 5.42. The Morgan fingerprint density at radius 2 is 2.15 bits per heavy atom. The standard InChI is InChI=1S/C15H19N3OS/c1-11-4-6-12(7-5-11)20-10-13-17-14(19-18-13)15(2)8-3-9-16-15/h4-7,16H,3,8-10H2,1-2H3. The van der Waals surface area contributed by atoms with Crippen molar-refractivity contribution in [2.45, 2.75) is 42.9 Å². The van der Waals surface area contributed by atoms with E-state index in [9.17, 15) is 0 Å². The van der Waals surface area contributed by atoms with Gasteiger partial charge in [0.2, 0.25) is 5.89 Å². The monoisotopic (exact) mass is 289 g/mol. The van der Waals surface area contributed by atoms with Gasteiger partial charge >= 0.3 is 0 Å². The second-order valence-corrected chi connectivity index (χ2v) is 6.53. The SMILES string of the molecule is Cc1ccc(SCc2noc(C3(C)CCCN3)n2)cc1. The molecule has 0 spiro atoms. The van der Waals surface area contributed by atoms with Crippen molar-refractivity contribution in [3.63, 3.8) is 0 Å². The highest BCUT2D eigenvalue weighted by atomic mass is 32.2. The van der Waals surface area contributed by atoms with Crippen LogP contribution >= 0.6 is 11.8 Å². The summed E-state index contributed by atoms with van der Waals surface area (Å²) in [5, 5.41) is 7.53. The Bertz CT molecular complexity index is 573. The lowest BCUT2D eigenvalue weighted by molar-refractivity contribution is 0.274. The van der Waals surface area contributed by atoms with E-state index in [1.165, 1.54) is 10.5 Å². The summed E-state index contributed by atoms with van der Waals surface area (Å²) in [6, 6.07) is 8.49. The Kier molecular flexibility index (Phi) is 3.81. The molecule has 3 rings (SSSR count). The Labute approximate surface area is 123 Å². The van der Waals surface area contributed by atoms with Crippen LogP contribution in [0.3, 0.4) is 0 Å². The van der Waals surface area contributed by atoms with Crippen molar-refractivity contribution in [1.29, 1.82) is 0 Å². The molecule has 1 aliphatic heterocycles. The van der Waals surface area contributed by atoms with Gasteiger partial charge in [0.15, 0.2) is 5.82 Å². The first-order valence-corrected chi connectivity index (χ1v) is 7.92. The molecule has 1 aromatic carbocycles. The van der Waals surface area contributed by atoms with Crippen LogP contribution in [0, 0.1) is 6.92 Å². The topological polar surface area (TPSA) is 51.0 Å². The van der Waals surface area contributed by atoms with Crippen molar-refractivity contribution in [3.8, 4) is 0 Å². The van der Waals surface area contributed by atoms with Crippen LogP contribution in [0.4, 0.5) is 0 Å². The first-order valence-electron chi connectivity index (χ1n) is 6.93. The molecule has 1 unspecified atom stereocenters. The van der Waals surface area contributed by atoms with Crippen molar-refractivity contribution in [2.75, 3.05) is 6.54 Å². The van der Waals surface area contributed by atoms with Crippen molar-refractivity contribution in [1.82, 2.24) is 15.5 Å². The van der Waals surface area contributed by atoms with Crippen molar-refractivity contribution in [2.24, 2.45) is 0 Å². The van der Waals surface area contributed by atoms with Crippen LogP contribution in [0.2, 0.25) is 0 Å². The Morgan fingerprint density at radius 3 is 2.85 bits per heavy atom. The number of aromatic nitrogens is 2. The summed E-state index contributed by atoms with van der Waals surface area (Å²) in [6.07, 6.45) is 2.21. The maximum Gasteiger partial charge on any atom is 0.246 e. The van der Waals surface area contributed by atoms with E-state index in [0.29, 0.717) is 0 Å². The summed E-state index contributed by atoms with van der Waals surface area (Å²) in [5.41, 5.74) is 1.14. The molecular formula is C15H19N3OS. The molecular weight excluding hydrogens is 270 g/mol. The first-order chi connectivity index (χ1) is 9.66. The average Bonchev–Trinajstić information content (AvgIpc) is 3.08. The lowest BCUT2D eigenvalue weighted by atomic mass is 10.0. The predicted molar refractivity (Wildman–Crippen MR) is 79.6 cm³/mol. The third-order valence-corrected chi connectivity index (χ3v) is 4.71. The zero-order valence-electron chi connectivity index (χ0n) is 11.8. The van der Waals surface area contributed by atoms with Gasteiger partial charge in [-0.05, 0) is 45.4 Å². The fourth-order valence-corrected chi connectivity index (χ4v) is 3.14. The van der Waals surface area contributed by atoms with Gasteiger partial charge in [-0.1, -0.05) is 22.9 Å². The van der Waals surface area contributed by atoms with Crippen LogP contribution in [0.1, 0.15) is 37.0 Å². The van der Waals surface area contributed by atoms with Crippen molar-refractivity contribution in [3.05, 3.63) is 41.5 Å². The van der Waals surface area contributed by atoms with Gasteiger partial charge in [-0.3, -0.25) is 0 Å². The van der Waals surface area contributed by atoms with E-state index in [-0.39, 0.29) is 5.54 Å². The molecule has 0 bridgehead atoms. The molecule has 1 aromatic heterocycles. The quantitative estimate of drug-likeness (QED) is 0.875. The number of nitrogens with one attached hydrogen (secondary N) is 1. The predicted octanol–water partition coefficient (Wildman–Crippen LogP) is 3.27. The highest BCUT2D eigenvalue weighted by Gasteiger charge is 2.35. The maximum absolute atomic E-state index is 5.42. The summed E-state index contributed by atoms with van der Waals surface area (Å²) in [5.74, 6) is 2.22. The summed E-state index contributed by atoms with van der Waals surface area (Å²) in [4.78, 5) is 5.76. The van der Waals surface area contributed by atoms with E-state index >= 15 is 0 Å². The molecule has 5 heteroatoms. The fourth-order valence-electron chi connectivity index (χ4n) is 2.40. The Hall–Kier alpha value is -1.33. The number of hydrogen-bond acceptors (Lipinski definition) is 5. The summed E-state index contributed by atoms with van der Waals surface area (Å²) in [7, 11) is 0. The van der Waals surface area contributed by atoms with Crippen LogP contribution in [0.15, 0.2) is 33.7 Å².